The van der Waals surface area contributed by atoms with Crippen molar-refractivity contribution in [3.8, 4) is 0 Å². The highest BCUT2D eigenvalue weighted by Gasteiger charge is 2.62. The van der Waals surface area contributed by atoms with Gasteiger partial charge < -0.3 is 9.79 Å². The average molecular weight is 282 g/mol. The van der Waals surface area contributed by atoms with Gasteiger partial charge >= 0.3 is 7.60 Å². The van der Waals surface area contributed by atoms with Gasteiger partial charge in [-0.05, 0) is 6.42 Å². The summed E-state index contributed by atoms with van der Waals surface area (Å²) in [5.41, 5.74) is 0. The molecule has 0 aromatic carbocycles. The second kappa shape index (κ2) is 4.69. The van der Waals surface area contributed by atoms with Crippen molar-refractivity contribution < 1.29 is 14.4 Å². The Kier molecular flexibility index (Phi) is 4.86. The van der Waals surface area contributed by atoms with E-state index in [2.05, 4.69) is 39.3 Å². The molecule has 0 unspecified atom stereocenters. The fourth-order valence-electron chi connectivity index (χ4n) is 3.26. The zero-order valence-corrected chi connectivity index (χ0v) is 14.6. The Balaban J connectivity index is 5.93. The van der Waals surface area contributed by atoms with E-state index in [-0.39, 0.29) is 0 Å². The molecule has 0 rings (SSSR count). The fraction of sp³-hybridized carbons (Fsp3) is 1.00. The summed E-state index contributed by atoms with van der Waals surface area (Å²) in [6.45, 7) is 14.6. The lowest BCUT2D eigenvalue weighted by Crippen LogP contribution is -2.65. The third kappa shape index (κ3) is 2.70. The van der Waals surface area contributed by atoms with Crippen LogP contribution in [-0.2, 0) is 4.57 Å². The van der Waals surface area contributed by atoms with Crippen LogP contribution in [0.2, 0.25) is 39.3 Å². The Morgan fingerprint density at radius 2 is 1.31 bits per heavy atom. The van der Waals surface area contributed by atoms with Gasteiger partial charge in [-0.15, -0.1) is 0 Å². The van der Waals surface area contributed by atoms with Crippen molar-refractivity contribution in [3.63, 3.8) is 0 Å². The monoisotopic (exact) mass is 282 g/mol. The minimum atomic E-state index is -4.04. The molecule has 0 saturated carbocycles. The first-order valence-corrected chi connectivity index (χ1v) is 14.5. The van der Waals surface area contributed by atoms with Crippen LogP contribution in [0.5, 0.6) is 0 Å². The van der Waals surface area contributed by atoms with Crippen molar-refractivity contribution in [1.29, 1.82) is 0 Å². The molecule has 2 N–H and O–H groups in total. The van der Waals surface area contributed by atoms with Gasteiger partial charge in [0.25, 0.3) is 0 Å². The van der Waals surface area contributed by atoms with E-state index in [9.17, 15) is 14.4 Å². The second-order valence-corrected chi connectivity index (χ2v) is 20.6. The van der Waals surface area contributed by atoms with Crippen LogP contribution in [0.25, 0.3) is 0 Å². The van der Waals surface area contributed by atoms with Gasteiger partial charge in [0.2, 0.25) is 0 Å². The first kappa shape index (κ1) is 16.6. The first-order valence-electron chi connectivity index (χ1n) is 5.87. The SMILES string of the molecule is CCCC([Si](C)(C)C)([Si](C)(C)C)P(=O)(O)O. The van der Waals surface area contributed by atoms with Crippen molar-refractivity contribution in [2.45, 2.75) is 63.5 Å². The molecule has 0 aliphatic carbocycles. The second-order valence-electron chi connectivity index (χ2n) is 6.65. The smallest absolute Gasteiger partial charge is 0.324 e. The van der Waals surface area contributed by atoms with Crippen molar-refractivity contribution >= 4 is 23.7 Å². The third-order valence-electron chi connectivity index (χ3n) is 3.59. The molecular formula is C10H27O3PSi2. The summed E-state index contributed by atoms with van der Waals surface area (Å²) in [6.07, 6.45) is 1.52. The highest BCUT2D eigenvalue weighted by atomic mass is 31.2. The maximum absolute atomic E-state index is 12.1. The molecule has 0 atom stereocenters. The van der Waals surface area contributed by atoms with Crippen LogP contribution in [0.15, 0.2) is 0 Å². The number of hydrogen-bond donors (Lipinski definition) is 2. The molecular weight excluding hydrogens is 255 g/mol. The summed E-state index contributed by atoms with van der Waals surface area (Å²) in [5.74, 6) is 0. The zero-order chi connectivity index (χ0) is 13.4. The molecule has 98 valence electrons. The van der Waals surface area contributed by atoms with Gasteiger partial charge in [-0.3, -0.25) is 4.57 Å². The van der Waals surface area contributed by atoms with Crippen molar-refractivity contribution in [1.82, 2.24) is 0 Å². The van der Waals surface area contributed by atoms with E-state index < -0.39 is 28.1 Å². The van der Waals surface area contributed by atoms with Gasteiger partial charge in [-0.2, -0.15) is 0 Å². The quantitative estimate of drug-likeness (QED) is 0.600. The summed E-state index contributed by atoms with van der Waals surface area (Å²) < 4.78 is 11.4. The molecule has 6 heteroatoms. The first-order chi connectivity index (χ1) is 6.81. The van der Waals surface area contributed by atoms with Crippen LogP contribution < -0.4 is 0 Å². The number of rotatable bonds is 5. The van der Waals surface area contributed by atoms with E-state index in [0.717, 1.165) is 6.42 Å². The van der Waals surface area contributed by atoms with Gasteiger partial charge in [0.05, 0.1) is 20.6 Å². The lowest BCUT2D eigenvalue weighted by Gasteiger charge is -2.51. The summed E-state index contributed by atoms with van der Waals surface area (Å²) in [6, 6.07) is 0. The van der Waals surface area contributed by atoms with Crippen LogP contribution in [0.4, 0.5) is 0 Å². The molecule has 0 saturated heterocycles. The number of hydrogen-bond acceptors (Lipinski definition) is 1. The van der Waals surface area contributed by atoms with Crippen molar-refractivity contribution in [2.24, 2.45) is 0 Å². The van der Waals surface area contributed by atoms with Gasteiger partial charge in [-0.1, -0.05) is 52.6 Å². The third-order valence-corrected chi connectivity index (χ3v) is 20.5. The fourth-order valence-corrected chi connectivity index (χ4v) is 21.8. The van der Waals surface area contributed by atoms with Gasteiger partial charge in [0.1, 0.15) is 0 Å². The molecule has 0 bridgehead atoms. The Morgan fingerprint density at radius 3 is 1.38 bits per heavy atom. The molecule has 16 heavy (non-hydrogen) atoms. The minimum Gasteiger partial charge on any atom is -0.324 e. The topological polar surface area (TPSA) is 57.5 Å². The summed E-state index contributed by atoms with van der Waals surface area (Å²) >= 11 is 0. The van der Waals surface area contributed by atoms with Crippen LogP contribution in [0.1, 0.15) is 19.8 Å². The molecule has 0 radical (unpaired) electrons. The standard InChI is InChI=1S/C10H27O3PSi2/c1-8-9-10(14(11,12)13,15(2,3)4)16(5,6)7/h8-9H2,1-7H3,(H2,11,12,13). The Hall–Kier alpha value is 0.584. The van der Waals surface area contributed by atoms with Gasteiger partial charge in [0.15, 0.2) is 0 Å². The van der Waals surface area contributed by atoms with E-state index in [0.29, 0.717) is 6.42 Å². The Labute approximate surface area is 102 Å². The molecule has 0 heterocycles. The molecule has 0 aliphatic rings. The van der Waals surface area contributed by atoms with E-state index in [4.69, 9.17) is 0 Å². The highest BCUT2D eigenvalue weighted by Crippen LogP contribution is 2.61. The molecule has 0 aromatic heterocycles. The van der Waals surface area contributed by atoms with Crippen LogP contribution in [-0.4, -0.2) is 30.3 Å². The van der Waals surface area contributed by atoms with Gasteiger partial charge in [-0.25, -0.2) is 0 Å². The predicted molar refractivity (Wildman–Crippen MR) is 76.4 cm³/mol. The highest BCUT2D eigenvalue weighted by molar-refractivity contribution is 7.61. The maximum atomic E-state index is 12.1. The molecule has 0 amide bonds. The van der Waals surface area contributed by atoms with E-state index in [1.54, 1.807) is 0 Å². The van der Waals surface area contributed by atoms with E-state index in [1.165, 1.54) is 0 Å². The summed E-state index contributed by atoms with van der Waals surface area (Å²) in [5, 5.41) is 0. The summed E-state index contributed by atoms with van der Waals surface area (Å²) in [7, 11) is -7.90. The van der Waals surface area contributed by atoms with E-state index in [1.807, 2.05) is 6.92 Å². The summed E-state index contributed by atoms with van der Waals surface area (Å²) in [4.78, 5) is 19.8. The maximum Gasteiger partial charge on any atom is 0.326 e. The predicted octanol–water partition coefficient (Wildman–Crippen LogP) is 3.46. The average Bonchev–Trinajstić information content (AvgIpc) is 1.91. The van der Waals surface area contributed by atoms with Crippen LogP contribution in [0.3, 0.4) is 0 Å². The Bertz CT molecular complexity index is 271. The molecule has 0 spiro atoms. The van der Waals surface area contributed by atoms with E-state index >= 15 is 0 Å². The molecule has 3 nitrogen and oxygen atoms in total. The van der Waals surface area contributed by atoms with Gasteiger partial charge in [0, 0.05) is 0 Å². The molecule has 0 aromatic rings. The van der Waals surface area contributed by atoms with Crippen molar-refractivity contribution in [2.75, 3.05) is 0 Å². The molecule has 0 fully saturated rings. The molecule has 0 aliphatic heterocycles. The largest absolute Gasteiger partial charge is 0.326 e. The normalized spacial score (nSPS) is 15.3. The zero-order valence-electron chi connectivity index (χ0n) is 11.7. The lowest BCUT2D eigenvalue weighted by atomic mass is 10.4. The Morgan fingerprint density at radius 1 is 1.00 bits per heavy atom. The lowest BCUT2D eigenvalue weighted by molar-refractivity contribution is 0.357. The minimum absolute atomic E-state index is 0.669. The van der Waals surface area contributed by atoms with Crippen LogP contribution in [0, 0.1) is 0 Å². The van der Waals surface area contributed by atoms with Crippen LogP contribution >= 0.6 is 7.60 Å². The van der Waals surface area contributed by atoms with Crippen molar-refractivity contribution in [3.05, 3.63) is 0 Å².